The normalized spacial score (nSPS) is 15.9. The fraction of sp³-hybridized carbons (Fsp3) is 0.583. The van der Waals surface area contributed by atoms with Gasteiger partial charge in [-0.25, -0.2) is 9.59 Å². The topological polar surface area (TPSA) is 120 Å². The zero-order valence-corrected chi connectivity index (χ0v) is 12.7. The number of hydrogen-bond acceptors (Lipinski definition) is 7. The molecule has 0 bridgehead atoms. The summed E-state index contributed by atoms with van der Waals surface area (Å²) in [5.74, 6) is -0.323. The standard InChI is InChI=1S/C12H19N3O5S/c1-3-20-10(16)7-4-14-12(18)15-9(7)6-21-5-8(13)11(17)19-2/h8H,3-6,13H2,1-2H3,(H2,14,15,18). The molecule has 0 aromatic carbocycles. The summed E-state index contributed by atoms with van der Waals surface area (Å²) in [6.45, 7) is 2.07. The molecule has 0 saturated carbocycles. The van der Waals surface area contributed by atoms with Crippen molar-refractivity contribution in [2.75, 3.05) is 31.8 Å². The lowest BCUT2D eigenvalue weighted by molar-refractivity contribution is -0.141. The van der Waals surface area contributed by atoms with Gasteiger partial charge in [-0.3, -0.25) is 4.79 Å². The summed E-state index contributed by atoms with van der Waals surface area (Å²) in [6.07, 6.45) is 0. The summed E-state index contributed by atoms with van der Waals surface area (Å²) in [5.41, 5.74) is 6.45. The molecule has 21 heavy (non-hydrogen) atoms. The highest BCUT2D eigenvalue weighted by Crippen LogP contribution is 2.14. The summed E-state index contributed by atoms with van der Waals surface area (Å²) in [7, 11) is 1.27. The van der Waals surface area contributed by atoms with Crippen molar-refractivity contribution in [1.29, 1.82) is 0 Å². The van der Waals surface area contributed by atoms with Crippen LogP contribution in [-0.2, 0) is 19.1 Å². The van der Waals surface area contributed by atoms with Crippen LogP contribution in [-0.4, -0.2) is 55.8 Å². The molecule has 1 atom stereocenters. The molecule has 9 heteroatoms. The third-order valence-corrected chi connectivity index (χ3v) is 3.71. The Balaban J connectivity index is 2.64. The molecule has 4 N–H and O–H groups in total. The zero-order chi connectivity index (χ0) is 15.8. The van der Waals surface area contributed by atoms with Crippen molar-refractivity contribution in [1.82, 2.24) is 10.6 Å². The van der Waals surface area contributed by atoms with Gasteiger partial charge in [0, 0.05) is 17.2 Å². The van der Waals surface area contributed by atoms with Gasteiger partial charge in [-0.2, -0.15) is 11.8 Å². The molecule has 0 aliphatic carbocycles. The molecule has 8 nitrogen and oxygen atoms in total. The number of thioether (sulfide) groups is 1. The maximum Gasteiger partial charge on any atom is 0.337 e. The van der Waals surface area contributed by atoms with Crippen LogP contribution in [0, 0.1) is 0 Å². The fourth-order valence-corrected chi connectivity index (χ4v) is 2.53. The van der Waals surface area contributed by atoms with Crippen molar-refractivity contribution in [3.8, 4) is 0 Å². The number of esters is 2. The van der Waals surface area contributed by atoms with Gasteiger partial charge in [0.05, 0.1) is 25.8 Å². The second-order valence-electron chi connectivity index (χ2n) is 4.13. The van der Waals surface area contributed by atoms with Crippen molar-refractivity contribution in [2.24, 2.45) is 5.73 Å². The number of carbonyl (C=O) groups is 3. The minimum absolute atomic E-state index is 0.115. The first-order chi connectivity index (χ1) is 9.99. The van der Waals surface area contributed by atoms with Gasteiger partial charge < -0.3 is 25.8 Å². The minimum atomic E-state index is -0.746. The van der Waals surface area contributed by atoms with E-state index in [1.54, 1.807) is 6.92 Å². The van der Waals surface area contributed by atoms with E-state index in [9.17, 15) is 14.4 Å². The first-order valence-electron chi connectivity index (χ1n) is 6.34. The third kappa shape index (κ3) is 5.27. The van der Waals surface area contributed by atoms with E-state index in [0.717, 1.165) is 0 Å². The fourth-order valence-electron chi connectivity index (χ4n) is 1.58. The quantitative estimate of drug-likeness (QED) is 0.534. The molecule has 118 valence electrons. The molecule has 0 aromatic heterocycles. The van der Waals surface area contributed by atoms with Crippen LogP contribution in [0.2, 0.25) is 0 Å². The van der Waals surface area contributed by atoms with E-state index < -0.39 is 18.0 Å². The molecule has 0 spiro atoms. The molecule has 0 radical (unpaired) electrons. The van der Waals surface area contributed by atoms with Crippen LogP contribution in [0.1, 0.15) is 6.92 Å². The van der Waals surface area contributed by atoms with E-state index in [2.05, 4.69) is 15.4 Å². The van der Waals surface area contributed by atoms with Crippen molar-refractivity contribution in [2.45, 2.75) is 13.0 Å². The maximum atomic E-state index is 11.8. The van der Waals surface area contributed by atoms with Crippen LogP contribution in [0.15, 0.2) is 11.3 Å². The van der Waals surface area contributed by atoms with E-state index in [0.29, 0.717) is 22.8 Å². The smallest absolute Gasteiger partial charge is 0.337 e. The van der Waals surface area contributed by atoms with Gasteiger partial charge in [-0.15, -0.1) is 0 Å². The van der Waals surface area contributed by atoms with Gasteiger partial charge in [0.2, 0.25) is 0 Å². The van der Waals surface area contributed by atoms with Crippen LogP contribution in [0.5, 0.6) is 0 Å². The Kier molecular flexibility index (Phi) is 7.03. The minimum Gasteiger partial charge on any atom is -0.468 e. The van der Waals surface area contributed by atoms with Gasteiger partial charge >= 0.3 is 18.0 Å². The Morgan fingerprint density at radius 1 is 1.48 bits per heavy atom. The van der Waals surface area contributed by atoms with Crippen LogP contribution in [0.3, 0.4) is 0 Å². The molecule has 0 saturated heterocycles. The number of amides is 2. The van der Waals surface area contributed by atoms with Crippen LogP contribution in [0.4, 0.5) is 4.79 Å². The summed E-state index contributed by atoms with van der Waals surface area (Å²) in [5, 5.41) is 5.08. The van der Waals surface area contributed by atoms with E-state index >= 15 is 0 Å². The molecular formula is C12H19N3O5S. The summed E-state index contributed by atoms with van der Waals surface area (Å²) < 4.78 is 9.45. The first-order valence-corrected chi connectivity index (χ1v) is 7.50. The van der Waals surface area contributed by atoms with Gasteiger partial charge in [0.1, 0.15) is 6.04 Å². The Labute approximate surface area is 126 Å². The molecule has 1 rings (SSSR count). The molecule has 2 amide bonds. The monoisotopic (exact) mass is 317 g/mol. The van der Waals surface area contributed by atoms with Gasteiger partial charge in [-0.05, 0) is 6.92 Å². The molecule has 0 aromatic rings. The lowest BCUT2D eigenvalue weighted by Crippen LogP contribution is -2.44. The van der Waals surface area contributed by atoms with Gasteiger partial charge in [-0.1, -0.05) is 0 Å². The van der Waals surface area contributed by atoms with Crippen LogP contribution >= 0.6 is 11.8 Å². The number of ether oxygens (including phenoxy) is 2. The van der Waals surface area contributed by atoms with Crippen molar-refractivity contribution in [3.63, 3.8) is 0 Å². The van der Waals surface area contributed by atoms with Crippen LogP contribution in [0.25, 0.3) is 0 Å². The highest BCUT2D eigenvalue weighted by atomic mass is 32.2. The number of rotatable bonds is 7. The number of nitrogens with two attached hydrogens (primary N) is 1. The maximum absolute atomic E-state index is 11.8. The highest BCUT2D eigenvalue weighted by molar-refractivity contribution is 7.99. The second kappa shape index (κ2) is 8.53. The van der Waals surface area contributed by atoms with Crippen molar-refractivity contribution >= 4 is 29.7 Å². The largest absolute Gasteiger partial charge is 0.468 e. The first kappa shape index (κ1) is 17.3. The van der Waals surface area contributed by atoms with Gasteiger partial charge in [0.25, 0.3) is 0 Å². The van der Waals surface area contributed by atoms with E-state index in [4.69, 9.17) is 10.5 Å². The predicted octanol–water partition coefficient (Wildman–Crippen LogP) is -0.650. The van der Waals surface area contributed by atoms with E-state index in [-0.39, 0.29) is 19.2 Å². The Bertz CT molecular complexity index is 452. The van der Waals surface area contributed by atoms with Crippen LogP contribution < -0.4 is 16.4 Å². The Morgan fingerprint density at radius 3 is 2.81 bits per heavy atom. The van der Waals surface area contributed by atoms with E-state index in [1.165, 1.54) is 18.9 Å². The number of hydrogen-bond donors (Lipinski definition) is 3. The molecule has 1 heterocycles. The average molecular weight is 317 g/mol. The molecular weight excluding hydrogens is 298 g/mol. The molecule has 0 fully saturated rings. The SMILES string of the molecule is CCOC(=O)C1=C(CSCC(N)C(=O)OC)NC(=O)NC1. The summed E-state index contributed by atoms with van der Waals surface area (Å²) in [6, 6.07) is -1.13. The summed E-state index contributed by atoms with van der Waals surface area (Å²) >= 11 is 1.32. The van der Waals surface area contributed by atoms with Crippen molar-refractivity contribution < 1.29 is 23.9 Å². The Hall–Kier alpha value is -1.74. The highest BCUT2D eigenvalue weighted by Gasteiger charge is 2.24. The van der Waals surface area contributed by atoms with E-state index in [1.807, 2.05) is 0 Å². The lowest BCUT2D eigenvalue weighted by Gasteiger charge is -2.21. The third-order valence-electron chi connectivity index (χ3n) is 2.62. The number of methoxy groups -OCH3 is 1. The molecule has 1 unspecified atom stereocenters. The zero-order valence-electron chi connectivity index (χ0n) is 11.9. The average Bonchev–Trinajstić information content (AvgIpc) is 2.46. The number of carbonyl (C=O) groups excluding carboxylic acids is 3. The number of nitrogens with one attached hydrogen (secondary N) is 2. The molecule has 1 aliphatic heterocycles. The lowest BCUT2D eigenvalue weighted by atomic mass is 10.2. The van der Waals surface area contributed by atoms with Gasteiger partial charge in [0.15, 0.2) is 0 Å². The number of urea groups is 1. The Morgan fingerprint density at radius 2 is 2.19 bits per heavy atom. The summed E-state index contributed by atoms with van der Waals surface area (Å²) in [4.78, 5) is 34.3. The second-order valence-corrected chi connectivity index (χ2v) is 5.16. The van der Waals surface area contributed by atoms with Crippen molar-refractivity contribution in [3.05, 3.63) is 11.3 Å². The predicted molar refractivity (Wildman–Crippen MR) is 77.5 cm³/mol. The molecule has 1 aliphatic rings.